The first kappa shape index (κ1) is 28.0. The van der Waals surface area contributed by atoms with Crippen molar-refractivity contribution >= 4 is 33.8 Å². The Bertz CT molecular complexity index is 884. The third-order valence-corrected chi connectivity index (χ3v) is 6.23. The molecule has 1 heterocycles. The lowest BCUT2D eigenvalue weighted by molar-refractivity contribution is -0.485. The molecule has 188 valence electrons. The van der Waals surface area contributed by atoms with Crippen LogP contribution in [-0.2, 0) is 33.9 Å². The molecule has 1 saturated heterocycles. The van der Waals surface area contributed by atoms with E-state index in [1.54, 1.807) is 20.8 Å². The van der Waals surface area contributed by atoms with Crippen LogP contribution < -0.4 is 16.4 Å². The Hall–Kier alpha value is -3.01. The summed E-state index contributed by atoms with van der Waals surface area (Å²) in [6, 6.07) is -1.78. The normalized spacial score (nSPS) is 19.0. The van der Waals surface area contributed by atoms with E-state index in [0.29, 0.717) is 0 Å². The van der Waals surface area contributed by atoms with E-state index in [2.05, 4.69) is 20.5 Å². The van der Waals surface area contributed by atoms with Crippen LogP contribution >= 0.6 is 0 Å². The monoisotopic (exact) mass is 494 g/mol. The third kappa shape index (κ3) is 9.98. The van der Waals surface area contributed by atoms with Crippen molar-refractivity contribution in [2.75, 3.05) is 26.0 Å². The second-order valence-corrected chi connectivity index (χ2v) is 10.2. The molecule has 0 aromatic rings. The Morgan fingerprint density at radius 2 is 1.97 bits per heavy atom. The number of rotatable bonds is 11. The van der Waals surface area contributed by atoms with Gasteiger partial charge >= 0.3 is 11.9 Å². The number of nitro groups is 1. The van der Waals surface area contributed by atoms with Crippen molar-refractivity contribution in [3.8, 4) is 0 Å². The van der Waals surface area contributed by atoms with Gasteiger partial charge in [-0.25, -0.2) is 23.3 Å². The van der Waals surface area contributed by atoms with Crippen LogP contribution in [-0.4, -0.2) is 85.2 Å². The Kier molecular flexibility index (Phi) is 9.97. The smallest absolute Gasteiger partial charge is 0.328 e. The van der Waals surface area contributed by atoms with Crippen LogP contribution in [0.2, 0.25) is 0 Å². The van der Waals surface area contributed by atoms with Crippen LogP contribution in [0.1, 0.15) is 40.0 Å². The molecule has 0 aromatic heterocycles. The molecule has 1 rings (SSSR count). The molecule has 4 N–H and O–H groups in total. The maximum absolute atomic E-state index is 12.4. The SMILES string of the molecule is COC(=O)C(CCCN/C(N)=N\[N+](=O)[O-])NC(=O)CC1CS(=O)(=O)N1CC(=O)OC(C)(C)C. The second kappa shape index (κ2) is 11.7. The van der Waals surface area contributed by atoms with Crippen LogP contribution in [0, 0.1) is 10.1 Å². The van der Waals surface area contributed by atoms with E-state index in [4.69, 9.17) is 10.5 Å². The molecule has 1 fully saturated rings. The van der Waals surface area contributed by atoms with Gasteiger partial charge in [0.05, 0.1) is 12.9 Å². The van der Waals surface area contributed by atoms with Crippen molar-refractivity contribution in [1.29, 1.82) is 0 Å². The number of hydrazone groups is 1. The minimum Gasteiger partial charge on any atom is -0.467 e. The maximum atomic E-state index is 12.4. The second-order valence-electron chi connectivity index (χ2n) is 8.20. The van der Waals surface area contributed by atoms with Crippen molar-refractivity contribution in [2.45, 2.75) is 57.7 Å². The summed E-state index contributed by atoms with van der Waals surface area (Å²) in [5, 5.41) is 17.1. The van der Waals surface area contributed by atoms with Crippen LogP contribution in [0.4, 0.5) is 0 Å². The largest absolute Gasteiger partial charge is 0.467 e. The molecule has 1 aliphatic heterocycles. The van der Waals surface area contributed by atoms with Gasteiger partial charge in [0.1, 0.15) is 23.3 Å². The van der Waals surface area contributed by atoms with Gasteiger partial charge in [0.25, 0.3) is 5.96 Å². The number of esters is 2. The zero-order chi connectivity index (χ0) is 25.4. The van der Waals surface area contributed by atoms with Crippen molar-refractivity contribution < 1.29 is 37.3 Å². The molecule has 2 unspecified atom stereocenters. The van der Waals surface area contributed by atoms with E-state index in [1.165, 1.54) is 0 Å². The highest BCUT2D eigenvalue weighted by Crippen LogP contribution is 2.25. The summed E-state index contributed by atoms with van der Waals surface area (Å²) in [6.45, 7) is 4.55. The molecule has 0 bridgehead atoms. The van der Waals surface area contributed by atoms with Gasteiger partial charge in [0.2, 0.25) is 15.9 Å². The molecular formula is C17H30N6O9S. The molecule has 33 heavy (non-hydrogen) atoms. The van der Waals surface area contributed by atoms with Gasteiger partial charge in [0, 0.05) is 19.0 Å². The lowest BCUT2D eigenvalue weighted by atomic mass is 10.1. The van der Waals surface area contributed by atoms with Crippen molar-refractivity contribution in [2.24, 2.45) is 10.8 Å². The van der Waals surface area contributed by atoms with Gasteiger partial charge in [0.15, 0.2) is 5.03 Å². The van der Waals surface area contributed by atoms with E-state index >= 15 is 0 Å². The van der Waals surface area contributed by atoms with Crippen LogP contribution in [0.25, 0.3) is 0 Å². The Morgan fingerprint density at radius 3 is 2.48 bits per heavy atom. The van der Waals surface area contributed by atoms with Crippen LogP contribution in [0.3, 0.4) is 0 Å². The van der Waals surface area contributed by atoms with Crippen LogP contribution in [0.5, 0.6) is 0 Å². The maximum Gasteiger partial charge on any atom is 0.328 e. The lowest BCUT2D eigenvalue weighted by Crippen LogP contribution is -2.60. The van der Waals surface area contributed by atoms with Crippen molar-refractivity contribution in [3.05, 3.63) is 10.1 Å². The summed E-state index contributed by atoms with van der Waals surface area (Å²) in [6.07, 6.45) is 0.120. The number of amides is 1. The number of hydrogen-bond donors (Lipinski definition) is 3. The highest BCUT2D eigenvalue weighted by atomic mass is 32.2. The zero-order valence-corrected chi connectivity index (χ0v) is 19.7. The Labute approximate surface area is 191 Å². The number of guanidine groups is 1. The highest BCUT2D eigenvalue weighted by Gasteiger charge is 2.45. The average Bonchev–Trinajstić information content (AvgIpc) is 2.65. The first-order chi connectivity index (χ1) is 15.1. The summed E-state index contributed by atoms with van der Waals surface area (Å²) in [5.74, 6) is -2.79. The number of ether oxygens (including phenoxy) is 2. The molecule has 15 nitrogen and oxygen atoms in total. The summed E-state index contributed by atoms with van der Waals surface area (Å²) >= 11 is 0. The first-order valence-electron chi connectivity index (χ1n) is 9.95. The van der Waals surface area contributed by atoms with Crippen LogP contribution in [0.15, 0.2) is 5.10 Å². The average molecular weight is 495 g/mol. The molecule has 0 aromatic carbocycles. The zero-order valence-electron chi connectivity index (χ0n) is 18.9. The number of nitrogens with zero attached hydrogens (tertiary/aromatic N) is 3. The molecule has 0 saturated carbocycles. The lowest BCUT2D eigenvalue weighted by Gasteiger charge is -2.39. The number of nitrogens with two attached hydrogens (primary N) is 1. The van der Waals surface area contributed by atoms with E-state index in [9.17, 15) is 32.9 Å². The fourth-order valence-corrected chi connectivity index (χ4v) is 4.58. The standard InChI is InChI=1S/C17H30N6O9S/c1-17(2,3)32-14(25)9-22-11(10-33(22,29)30)8-13(24)20-12(15(26)31-4)6-5-7-19-16(18)21-23(27)28/h11-12H,5-10H2,1-4H3,(H,20,24)(H3,18,19,21). The predicted octanol–water partition coefficient (Wildman–Crippen LogP) is -1.73. The summed E-state index contributed by atoms with van der Waals surface area (Å²) in [5.41, 5.74) is 4.50. The highest BCUT2D eigenvalue weighted by molar-refractivity contribution is 7.90. The molecule has 0 spiro atoms. The number of carbonyl (C=O) groups is 3. The minimum absolute atomic E-state index is 0.113. The van der Waals surface area contributed by atoms with Gasteiger partial charge in [-0.3, -0.25) is 9.59 Å². The molecule has 2 atom stereocenters. The molecular weight excluding hydrogens is 464 g/mol. The first-order valence-corrected chi connectivity index (χ1v) is 11.6. The Morgan fingerprint density at radius 1 is 1.33 bits per heavy atom. The molecule has 0 radical (unpaired) electrons. The van der Waals surface area contributed by atoms with E-state index < -0.39 is 63.1 Å². The summed E-state index contributed by atoms with van der Waals surface area (Å²) in [4.78, 5) is 46.6. The summed E-state index contributed by atoms with van der Waals surface area (Å²) < 4.78 is 34.7. The molecule has 0 aliphatic carbocycles. The fourth-order valence-electron chi connectivity index (χ4n) is 2.96. The summed E-state index contributed by atoms with van der Waals surface area (Å²) in [7, 11) is -2.53. The number of methoxy groups -OCH3 is 1. The third-order valence-electron chi connectivity index (χ3n) is 4.28. The van der Waals surface area contributed by atoms with Gasteiger partial charge in [-0.15, -0.1) is 0 Å². The Balaban J connectivity index is 2.63. The number of hydrogen-bond acceptors (Lipinski definition) is 9. The molecule has 1 aliphatic rings. The molecule has 1 amide bonds. The minimum atomic E-state index is -3.67. The fraction of sp³-hybridized carbons (Fsp3) is 0.765. The number of nitrogens with one attached hydrogen (secondary N) is 2. The van der Waals surface area contributed by atoms with Crippen molar-refractivity contribution in [1.82, 2.24) is 14.9 Å². The van der Waals surface area contributed by atoms with Gasteiger partial charge in [-0.05, 0) is 33.6 Å². The molecule has 16 heteroatoms. The van der Waals surface area contributed by atoms with Gasteiger partial charge in [-0.2, -0.15) is 4.31 Å². The van der Waals surface area contributed by atoms with Crippen molar-refractivity contribution in [3.63, 3.8) is 0 Å². The topological polar surface area (TPSA) is 213 Å². The van der Waals surface area contributed by atoms with E-state index in [1.807, 2.05) is 0 Å². The van der Waals surface area contributed by atoms with Gasteiger partial charge < -0.3 is 25.8 Å². The quantitative estimate of drug-likeness (QED) is 0.0732. The van der Waals surface area contributed by atoms with E-state index in [0.717, 1.165) is 11.4 Å². The van der Waals surface area contributed by atoms with Gasteiger partial charge in [-0.1, -0.05) is 0 Å². The van der Waals surface area contributed by atoms with E-state index in [-0.39, 0.29) is 31.6 Å². The number of sulfonamides is 1. The number of carbonyl (C=O) groups excluding carboxylic acids is 3. The predicted molar refractivity (Wildman–Crippen MR) is 115 cm³/mol.